The molecule has 1 aliphatic heterocycles. The molecule has 1 aromatic heterocycles. The van der Waals surface area contributed by atoms with Crippen LogP contribution in [0.4, 0.5) is 0 Å². The number of likely N-dealkylation sites (tertiary alicyclic amines) is 1. The Morgan fingerprint density at radius 1 is 1.23 bits per heavy atom. The van der Waals surface area contributed by atoms with Crippen molar-refractivity contribution in [3.8, 4) is 11.5 Å². The van der Waals surface area contributed by atoms with Crippen molar-refractivity contribution in [3.63, 3.8) is 0 Å². The molecule has 0 amide bonds. The lowest BCUT2D eigenvalue weighted by Crippen LogP contribution is -2.36. The SMILES string of the molecule is CCOC(=O)c1ccc(OCc2noc3c(CN4CCCCC4C)c(O)ccc23)cc1. The zero-order chi connectivity index (χ0) is 21.8. The highest BCUT2D eigenvalue weighted by Gasteiger charge is 2.23. The number of nitrogens with zero attached hydrogens (tertiary/aromatic N) is 2. The summed E-state index contributed by atoms with van der Waals surface area (Å²) in [6, 6.07) is 10.8. The van der Waals surface area contributed by atoms with Gasteiger partial charge in [-0.3, -0.25) is 4.90 Å². The van der Waals surface area contributed by atoms with E-state index in [9.17, 15) is 9.90 Å². The second-order valence-electron chi connectivity index (χ2n) is 7.92. The zero-order valence-corrected chi connectivity index (χ0v) is 18.0. The maximum atomic E-state index is 11.8. The van der Waals surface area contributed by atoms with E-state index in [2.05, 4.69) is 17.0 Å². The predicted molar refractivity (Wildman–Crippen MR) is 116 cm³/mol. The van der Waals surface area contributed by atoms with E-state index in [1.54, 1.807) is 37.3 Å². The number of benzene rings is 2. The molecule has 0 spiro atoms. The second-order valence-corrected chi connectivity index (χ2v) is 7.92. The Morgan fingerprint density at radius 3 is 2.77 bits per heavy atom. The van der Waals surface area contributed by atoms with Crippen molar-refractivity contribution in [3.05, 3.63) is 53.2 Å². The quantitative estimate of drug-likeness (QED) is 0.552. The standard InChI is InChI=1S/C24H28N2O5/c1-3-29-24(28)17-7-9-18(10-8-17)30-15-21-19-11-12-22(27)20(23(19)31-25-21)14-26-13-5-4-6-16(26)2/h7-12,16,27H,3-6,13-15H2,1-2H3. The van der Waals surface area contributed by atoms with Gasteiger partial charge in [0.15, 0.2) is 5.58 Å². The number of aromatic hydroxyl groups is 1. The van der Waals surface area contributed by atoms with Crippen molar-refractivity contribution in [2.75, 3.05) is 13.2 Å². The first-order valence-electron chi connectivity index (χ1n) is 10.8. The molecule has 0 radical (unpaired) electrons. The zero-order valence-electron chi connectivity index (χ0n) is 18.0. The normalized spacial score (nSPS) is 17.0. The van der Waals surface area contributed by atoms with Crippen molar-refractivity contribution in [2.45, 2.75) is 52.3 Å². The molecule has 1 atom stereocenters. The van der Waals surface area contributed by atoms with Gasteiger partial charge >= 0.3 is 5.97 Å². The number of carbonyl (C=O) groups is 1. The number of aromatic nitrogens is 1. The van der Waals surface area contributed by atoms with Crippen LogP contribution in [-0.2, 0) is 17.9 Å². The van der Waals surface area contributed by atoms with Crippen molar-refractivity contribution in [1.82, 2.24) is 10.1 Å². The van der Waals surface area contributed by atoms with Crippen LogP contribution in [0.25, 0.3) is 11.0 Å². The lowest BCUT2D eigenvalue weighted by Gasteiger charge is -2.33. The molecule has 1 aliphatic rings. The van der Waals surface area contributed by atoms with Gasteiger partial charge in [0.25, 0.3) is 0 Å². The number of piperidine rings is 1. The van der Waals surface area contributed by atoms with E-state index in [1.165, 1.54) is 19.3 Å². The summed E-state index contributed by atoms with van der Waals surface area (Å²) in [7, 11) is 0. The Bertz CT molecular complexity index is 1040. The second kappa shape index (κ2) is 9.39. The third-order valence-corrected chi connectivity index (χ3v) is 5.84. The van der Waals surface area contributed by atoms with Crippen LogP contribution in [0.15, 0.2) is 40.9 Å². The number of phenols is 1. The summed E-state index contributed by atoms with van der Waals surface area (Å²) in [4.78, 5) is 14.1. The first-order chi connectivity index (χ1) is 15.1. The minimum atomic E-state index is -0.355. The number of esters is 1. The molecule has 0 saturated carbocycles. The van der Waals surface area contributed by atoms with Crippen molar-refractivity contribution < 1.29 is 23.9 Å². The van der Waals surface area contributed by atoms with Gasteiger partial charge in [-0.1, -0.05) is 11.6 Å². The number of fused-ring (bicyclic) bond motifs is 1. The van der Waals surface area contributed by atoms with Gasteiger partial charge in [-0.05, 0) is 69.6 Å². The van der Waals surface area contributed by atoms with Gasteiger partial charge in [-0.25, -0.2) is 4.79 Å². The highest BCUT2D eigenvalue weighted by atomic mass is 16.5. The molecular formula is C24H28N2O5. The Labute approximate surface area is 181 Å². The minimum Gasteiger partial charge on any atom is -0.507 e. The molecule has 1 N–H and O–H groups in total. The molecule has 7 heteroatoms. The maximum Gasteiger partial charge on any atom is 0.338 e. The Hall–Kier alpha value is -3.06. The molecule has 4 rings (SSSR count). The van der Waals surface area contributed by atoms with Crippen LogP contribution in [0.2, 0.25) is 0 Å². The third kappa shape index (κ3) is 4.66. The average molecular weight is 424 g/mol. The number of phenolic OH excluding ortho intramolecular Hbond substituents is 1. The van der Waals surface area contributed by atoms with E-state index in [0.29, 0.717) is 41.8 Å². The lowest BCUT2D eigenvalue weighted by molar-refractivity contribution is 0.0526. The third-order valence-electron chi connectivity index (χ3n) is 5.84. The summed E-state index contributed by atoms with van der Waals surface area (Å²) in [6.45, 7) is 6.21. The Morgan fingerprint density at radius 2 is 2.03 bits per heavy atom. The van der Waals surface area contributed by atoms with Crippen LogP contribution in [0, 0.1) is 0 Å². The number of rotatable bonds is 7. The highest BCUT2D eigenvalue weighted by Crippen LogP contribution is 2.32. The summed E-state index contributed by atoms with van der Waals surface area (Å²) in [5.74, 6) is 0.487. The van der Waals surface area contributed by atoms with Gasteiger partial charge in [0.2, 0.25) is 0 Å². The fourth-order valence-electron chi connectivity index (χ4n) is 4.00. The van der Waals surface area contributed by atoms with Gasteiger partial charge in [-0.2, -0.15) is 0 Å². The molecule has 1 fully saturated rings. The van der Waals surface area contributed by atoms with Gasteiger partial charge in [-0.15, -0.1) is 0 Å². The predicted octanol–water partition coefficient (Wildman–Crippen LogP) is 4.66. The Kier molecular flexibility index (Phi) is 6.42. The molecule has 1 unspecified atom stereocenters. The van der Waals surface area contributed by atoms with Gasteiger partial charge < -0.3 is 19.1 Å². The average Bonchev–Trinajstić information content (AvgIpc) is 3.19. The van der Waals surface area contributed by atoms with Crippen LogP contribution in [0.5, 0.6) is 11.5 Å². The monoisotopic (exact) mass is 424 g/mol. The molecule has 3 aromatic rings. The van der Waals surface area contributed by atoms with Crippen molar-refractivity contribution in [1.29, 1.82) is 0 Å². The number of ether oxygens (including phenoxy) is 2. The summed E-state index contributed by atoms with van der Waals surface area (Å²) >= 11 is 0. The number of hydrogen-bond acceptors (Lipinski definition) is 7. The minimum absolute atomic E-state index is 0.218. The van der Waals surface area contributed by atoms with Crippen LogP contribution in [-0.4, -0.2) is 40.3 Å². The topological polar surface area (TPSA) is 85.0 Å². The number of hydrogen-bond donors (Lipinski definition) is 1. The molecule has 7 nitrogen and oxygen atoms in total. The Balaban J connectivity index is 1.48. The van der Waals surface area contributed by atoms with Crippen LogP contribution in [0.1, 0.15) is 54.7 Å². The number of carbonyl (C=O) groups excluding carboxylic acids is 1. The molecule has 0 aliphatic carbocycles. The fourth-order valence-corrected chi connectivity index (χ4v) is 4.00. The highest BCUT2D eigenvalue weighted by molar-refractivity contribution is 5.89. The molecular weight excluding hydrogens is 396 g/mol. The van der Waals surface area contributed by atoms with Crippen molar-refractivity contribution in [2.24, 2.45) is 0 Å². The van der Waals surface area contributed by atoms with Crippen LogP contribution >= 0.6 is 0 Å². The molecule has 0 bridgehead atoms. The summed E-state index contributed by atoms with van der Waals surface area (Å²) in [5.41, 5.74) is 2.52. The largest absolute Gasteiger partial charge is 0.507 e. The first-order valence-corrected chi connectivity index (χ1v) is 10.8. The van der Waals surface area contributed by atoms with Gasteiger partial charge in [0, 0.05) is 18.0 Å². The molecule has 31 heavy (non-hydrogen) atoms. The van der Waals surface area contributed by atoms with E-state index in [1.807, 2.05) is 6.07 Å². The van der Waals surface area contributed by atoms with Crippen LogP contribution < -0.4 is 4.74 Å². The van der Waals surface area contributed by atoms with E-state index < -0.39 is 0 Å². The lowest BCUT2D eigenvalue weighted by atomic mass is 10.0. The summed E-state index contributed by atoms with van der Waals surface area (Å²) in [6.07, 6.45) is 3.59. The molecule has 164 valence electrons. The smallest absolute Gasteiger partial charge is 0.338 e. The van der Waals surface area contributed by atoms with E-state index >= 15 is 0 Å². The molecule has 2 aromatic carbocycles. The fraction of sp³-hybridized carbons (Fsp3) is 0.417. The van der Waals surface area contributed by atoms with E-state index in [0.717, 1.165) is 17.5 Å². The summed E-state index contributed by atoms with van der Waals surface area (Å²) < 4.78 is 16.5. The van der Waals surface area contributed by atoms with Gasteiger partial charge in [0.05, 0.1) is 17.7 Å². The van der Waals surface area contributed by atoms with Crippen molar-refractivity contribution >= 4 is 16.9 Å². The first kappa shape index (κ1) is 21.2. The van der Waals surface area contributed by atoms with Gasteiger partial charge in [0.1, 0.15) is 23.8 Å². The van der Waals surface area contributed by atoms with Crippen LogP contribution in [0.3, 0.4) is 0 Å². The molecule has 2 heterocycles. The van der Waals surface area contributed by atoms with E-state index in [4.69, 9.17) is 14.0 Å². The summed E-state index contributed by atoms with van der Waals surface area (Å²) in [5, 5.41) is 15.5. The molecule has 1 saturated heterocycles. The van der Waals surface area contributed by atoms with E-state index in [-0.39, 0.29) is 18.3 Å². The maximum absolute atomic E-state index is 11.8.